The summed E-state index contributed by atoms with van der Waals surface area (Å²) in [7, 11) is 0. The summed E-state index contributed by atoms with van der Waals surface area (Å²) in [5, 5.41) is 10.8. The Morgan fingerprint density at radius 2 is 1.71 bits per heavy atom. The lowest BCUT2D eigenvalue weighted by Gasteiger charge is -2.10. The minimum atomic E-state index is -1.30. The van der Waals surface area contributed by atoms with Gasteiger partial charge in [0, 0.05) is 6.07 Å². The van der Waals surface area contributed by atoms with Crippen molar-refractivity contribution in [2.45, 2.75) is 0 Å². The predicted octanol–water partition coefficient (Wildman–Crippen LogP) is 3.57. The molecule has 0 aliphatic carbocycles. The molecule has 2 rings (SSSR count). The number of rotatable bonds is 3. The minimum Gasteiger partial charge on any atom is -0.478 e. The molecule has 108 valence electrons. The molecule has 7 heteroatoms. The number of carboxylic acid groups (broad SMARTS) is 1. The van der Waals surface area contributed by atoms with Gasteiger partial charge in [-0.05, 0) is 18.2 Å². The van der Waals surface area contributed by atoms with E-state index in [2.05, 4.69) is 5.32 Å². The maximum absolute atomic E-state index is 13.6. The van der Waals surface area contributed by atoms with Crippen LogP contribution in [0.4, 0.5) is 14.5 Å². The number of amides is 1. The highest BCUT2D eigenvalue weighted by molar-refractivity contribution is 6.34. The van der Waals surface area contributed by atoms with Crippen molar-refractivity contribution in [1.29, 1.82) is 0 Å². The number of anilines is 1. The third-order valence-electron chi connectivity index (χ3n) is 2.65. The zero-order valence-corrected chi connectivity index (χ0v) is 11.1. The SMILES string of the molecule is O=C(O)c1ccccc1C(=O)Nc1c(F)cc(F)cc1Cl. The lowest BCUT2D eigenvalue weighted by Crippen LogP contribution is -2.17. The van der Waals surface area contributed by atoms with Crippen molar-refractivity contribution in [3.63, 3.8) is 0 Å². The van der Waals surface area contributed by atoms with Gasteiger partial charge in [0.25, 0.3) is 5.91 Å². The largest absolute Gasteiger partial charge is 0.478 e. The fraction of sp³-hybridized carbons (Fsp3) is 0. The van der Waals surface area contributed by atoms with E-state index in [-0.39, 0.29) is 16.1 Å². The molecule has 0 aliphatic heterocycles. The van der Waals surface area contributed by atoms with Crippen LogP contribution in [0, 0.1) is 11.6 Å². The van der Waals surface area contributed by atoms with E-state index in [1.807, 2.05) is 0 Å². The number of hydrogen-bond acceptors (Lipinski definition) is 2. The van der Waals surface area contributed by atoms with E-state index in [4.69, 9.17) is 16.7 Å². The van der Waals surface area contributed by atoms with Crippen molar-refractivity contribution in [3.8, 4) is 0 Å². The molecule has 4 nitrogen and oxygen atoms in total. The van der Waals surface area contributed by atoms with E-state index >= 15 is 0 Å². The summed E-state index contributed by atoms with van der Waals surface area (Å²) in [6.07, 6.45) is 0. The number of carbonyl (C=O) groups excluding carboxylic acids is 1. The highest BCUT2D eigenvalue weighted by Crippen LogP contribution is 2.27. The second-order valence-corrected chi connectivity index (χ2v) is 4.46. The average Bonchev–Trinajstić information content (AvgIpc) is 2.42. The van der Waals surface area contributed by atoms with Crippen LogP contribution in [0.3, 0.4) is 0 Å². The summed E-state index contributed by atoms with van der Waals surface area (Å²) in [6.45, 7) is 0. The van der Waals surface area contributed by atoms with Gasteiger partial charge < -0.3 is 10.4 Å². The molecule has 2 aromatic rings. The van der Waals surface area contributed by atoms with Crippen LogP contribution in [0.25, 0.3) is 0 Å². The Labute approximate surface area is 123 Å². The lowest BCUT2D eigenvalue weighted by molar-refractivity contribution is 0.0692. The van der Waals surface area contributed by atoms with Crippen LogP contribution in [0.2, 0.25) is 5.02 Å². The molecule has 2 N–H and O–H groups in total. The molecule has 0 radical (unpaired) electrons. The lowest BCUT2D eigenvalue weighted by atomic mass is 10.1. The van der Waals surface area contributed by atoms with Crippen molar-refractivity contribution in [3.05, 3.63) is 64.2 Å². The third-order valence-corrected chi connectivity index (χ3v) is 2.95. The number of carboxylic acids is 1. The van der Waals surface area contributed by atoms with Crippen LogP contribution in [0.15, 0.2) is 36.4 Å². The molecule has 0 saturated heterocycles. The Bertz CT molecular complexity index is 711. The fourth-order valence-electron chi connectivity index (χ4n) is 1.71. The van der Waals surface area contributed by atoms with Crippen LogP contribution in [-0.4, -0.2) is 17.0 Å². The Kier molecular flexibility index (Phi) is 4.18. The number of carbonyl (C=O) groups is 2. The second-order valence-electron chi connectivity index (χ2n) is 4.05. The van der Waals surface area contributed by atoms with Gasteiger partial charge in [-0.1, -0.05) is 23.7 Å². The minimum absolute atomic E-state index is 0.162. The Hall–Kier alpha value is -2.47. The van der Waals surface area contributed by atoms with Gasteiger partial charge in [-0.3, -0.25) is 4.79 Å². The van der Waals surface area contributed by atoms with Crippen molar-refractivity contribution >= 4 is 29.2 Å². The van der Waals surface area contributed by atoms with Crippen molar-refractivity contribution in [2.75, 3.05) is 5.32 Å². The van der Waals surface area contributed by atoms with Crippen LogP contribution in [0.1, 0.15) is 20.7 Å². The number of halogens is 3. The standard InChI is InChI=1S/C14H8ClF2NO3/c15-10-5-7(16)6-11(17)12(10)18-13(19)8-3-1-2-4-9(8)14(20)21/h1-6H,(H,18,19)(H,20,21). The fourth-order valence-corrected chi connectivity index (χ4v) is 1.95. The molecule has 0 unspecified atom stereocenters. The van der Waals surface area contributed by atoms with Crippen LogP contribution < -0.4 is 5.32 Å². The summed E-state index contributed by atoms with van der Waals surface area (Å²) in [5.74, 6) is -4.10. The molecular formula is C14H8ClF2NO3. The highest BCUT2D eigenvalue weighted by Gasteiger charge is 2.19. The maximum Gasteiger partial charge on any atom is 0.336 e. The smallest absolute Gasteiger partial charge is 0.336 e. The molecule has 1 amide bonds. The van der Waals surface area contributed by atoms with Crippen molar-refractivity contribution in [2.24, 2.45) is 0 Å². The number of hydrogen-bond donors (Lipinski definition) is 2. The molecule has 0 spiro atoms. The van der Waals surface area contributed by atoms with Crippen LogP contribution in [0.5, 0.6) is 0 Å². The van der Waals surface area contributed by atoms with Gasteiger partial charge in [-0.25, -0.2) is 13.6 Å². The second kappa shape index (κ2) is 5.88. The predicted molar refractivity (Wildman–Crippen MR) is 72.7 cm³/mol. The normalized spacial score (nSPS) is 10.2. The molecule has 0 heterocycles. The van der Waals surface area contributed by atoms with Gasteiger partial charge in [-0.15, -0.1) is 0 Å². The van der Waals surface area contributed by atoms with Gasteiger partial charge >= 0.3 is 5.97 Å². The van der Waals surface area contributed by atoms with Gasteiger partial charge in [0.2, 0.25) is 0 Å². The molecule has 0 aromatic heterocycles. The van der Waals surface area contributed by atoms with E-state index in [0.29, 0.717) is 6.07 Å². The summed E-state index contributed by atoms with van der Waals surface area (Å²) in [4.78, 5) is 23.1. The van der Waals surface area contributed by atoms with Gasteiger partial charge in [0.1, 0.15) is 5.82 Å². The maximum atomic E-state index is 13.6. The first-order chi connectivity index (χ1) is 9.90. The Morgan fingerprint density at radius 3 is 2.29 bits per heavy atom. The monoisotopic (exact) mass is 311 g/mol. The molecule has 0 atom stereocenters. The quantitative estimate of drug-likeness (QED) is 0.910. The Balaban J connectivity index is 2.38. The van der Waals surface area contributed by atoms with E-state index in [1.54, 1.807) is 0 Å². The van der Waals surface area contributed by atoms with E-state index in [0.717, 1.165) is 6.07 Å². The molecule has 0 aliphatic rings. The van der Waals surface area contributed by atoms with Crippen LogP contribution in [-0.2, 0) is 0 Å². The number of nitrogens with one attached hydrogen (secondary N) is 1. The molecule has 0 fully saturated rings. The topological polar surface area (TPSA) is 66.4 Å². The number of benzene rings is 2. The molecule has 21 heavy (non-hydrogen) atoms. The summed E-state index contributed by atoms with van der Waals surface area (Å²) < 4.78 is 26.5. The van der Waals surface area contributed by atoms with E-state index in [9.17, 15) is 18.4 Å². The first-order valence-electron chi connectivity index (χ1n) is 5.68. The van der Waals surface area contributed by atoms with Gasteiger partial charge in [0.05, 0.1) is 21.8 Å². The van der Waals surface area contributed by atoms with Crippen molar-refractivity contribution < 1.29 is 23.5 Å². The van der Waals surface area contributed by atoms with Crippen LogP contribution >= 0.6 is 11.6 Å². The van der Waals surface area contributed by atoms with Crippen molar-refractivity contribution in [1.82, 2.24) is 0 Å². The highest BCUT2D eigenvalue weighted by atomic mass is 35.5. The molecule has 0 bridgehead atoms. The molecular weight excluding hydrogens is 304 g/mol. The Morgan fingerprint density at radius 1 is 1.10 bits per heavy atom. The summed E-state index contributed by atoms with van der Waals surface area (Å²) >= 11 is 5.66. The van der Waals surface area contributed by atoms with E-state index in [1.165, 1.54) is 24.3 Å². The molecule has 0 saturated carbocycles. The zero-order chi connectivity index (χ0) is 15.6. The summed E-state index contributed by atoms with van der Waals surface area (Å²) in [6, 6.07) is 6.82. The van der Waals surface area contributed by atoms with Gasteiger partial charge in [-0.2, -0.15) is 0 Å². The van der Waals surface area contributed by atoms with E-state index < -0.39 is 29.2 Å². The third kappa shape index (κ3) is 3.17. The molecule has 2 aromatic carbocycles. The zero-order valence-electron chi connectivity index (χ0n) is 10.4. The summed E-state index contributed by atoms with van der Waals surface area (Å²) in [5.41, 5.74) is -0.818. The number of aromatic carboxylic acids is 1. The first-order valence-corrected chi connectivity index (χ1v) is 6.06. The van der Waals surface area contributed by atoms with Gasteiger partial charge in [0.15, 0.2) is 5.82 Å². The first kappa shape index (κ1) is 14.9. The average molecular weight is 312 g/mol.